The third-order valence-electron chi connectivity index (χ3n) is 3.41. The number of hydrogen-bond donors (Lipinski definition) is 2. The van der Waals surface area contributed by atoms with E-state index in [9.17, 15) is 0 Å². The van der Waals surface area contributed by atoms with Crippen LogP contribution >= 0.6 is 0 Å². The highest BCUT2D eigenvalue weighted by Crippen LogP contribution is 2.27. The zero-order valence-corrected chi connectivity index (χ0v) is 11.1. The van der Waals surface area contributed by atoms with Crippen LogP contribution in [0.5, 0.6) is 0 Å². The van der Waals surface area contributed by atoms with E-state index in [1.165, 1.54) is 11.1 Å². The van der Waals surface area contributed by atoms with Gasteiger partial charge in [-0.25, -0.2) is 0 Å². The van der Waals surface area contributed by atoms with Gasteiger partial charge in [0.15, 0.2) is 0 Å². The van der Waals surface area contributed by atoms with Crippen molar-refractivity contribution < 1.29 is 0 Å². The Balaban J connectivity index is 1.95. The van der Waals surface area contributed by atoms with Gasteiger partial charge in [-0.2, -0.15) is 0 Å². The second kappa shape index (κ2) is 5.10. The quantitative estimate of drug-likeness (QED) is 0.679. The molecule has 0 aromatic heterocycles. The van der Waals surface area contributed by atoms with Gasteiger partial charge >= 0.3 is 0 Å². The highest BCUT2D eigenvalue weighted by molar-refractivity contribution is 5.76. The van der Waals surface area contributed by atoms with Gasteiger partial charge in [-0.05, 0) is 34.4 Å². The van der Waals surface area contributed by atoms with Crippen molar-refractivity contribution in [2.24, 2.45) is 0 Å². The number of benzene rings is 3. The van der Waals surface area contributed by atoms with Crippen molar-refractivity contribution in [3.63, 3.8) is 0 Å². The topological polar surface area (TPSA) is 52.0 Å². The lowest BCUT2D eigenvalue weighted by molar-refractivity contribution is 1.58. The van der Waals surface area contributed by atoms with E-state index < -0.39 is 0 Å². The van der Waals surface area contributed by atoms with Crippen LogP contribution in [-0.2, 0) is 0 Å². The summed E-state index contributed by atoms with van der Waals surface area (Å²) >= 11 is 0. The molecule has 2 nitrogen and oxygen atoms in total. The van der Waals surface area contributed by atoms with Gasteiger partial charge in [-0.1, -0.05) is 60.7 Å². The van der Waals surface area contributed by atoms with Crippen LogP contribution in [-0.4, -0.2) is 0 Å². The van der Waals surface area contributed by atoms with E-state index in [4.69, 9.17) is 11.5 Å². The summed E-state index contributed by atoms with van der Waals surface area (Å²) in [6, 6.07) is 24.5. The summed E-state index contributed by atoms with van der Waals surface area (Å²) in [6.07, 6.45) is 0. The highest BCUT2D eigenvalue weighted by Gasteiger charge is 2.02. The summed E-state index contributed by atoms with van der Waals surface area (Å²) in [5.74, 6) is 0. The van der Waals surface area contributed by atoms with Crippen LogP contribution in [0.25, 0.3) is 22.3 Å². The molecule has 2 heteroatoms. The molecular formula is C18H16N2. The maximum Gasteiger partial charge on any atom is 0.0554 e. The molecule has 3 aromatic carbocycles. The van der Waals surface area contributed by atoms with Crippen LogP contribution in [0.4, 0.5) is 11.4 Å². The van der Waals surface area contributed by atoms with Crippen molar-refractivity contribution in [2.45, 2.75) is 0 Å². The molecule has 4 N–H and O–H groups in total. The molecule has 98 valence electrons. The zero-order valence-electron chi connectivity index (χ0n) is 11.1. The van der Waals surface area contributed by atoms with E-state index in [-0.39, 0.29) is 0 Å². The van der Waals surface area contributed by atoms with Gasteiger partial charge in [0.05, 0.1) is 11.4 Å². The largest absolute Gasteiger partial charge is 0.397 e. The van der Waals surface area contributed by atoms with Crippen LogP contribution in [0, 0.1) is 0 Å². The zero-order chi connectivity index (χ0) is 13.9. The summed E-state index contributed by atoms with van der Waals surface area (Å²) in [7, 11) is 0. The van der Waals surface area contributed by atoms with Gasteiger partial charge in [0.25, 0.3) is 0 Å². The summed E-state index contributed by atoms with van der Waals surface area (Å²) in [6.45, 7) is 0. The third-order valence-corrected chi connectivity index (χ3v) is 3.41. The average molecular weight is 260 g/mol. The smallest absolute Gasteiger partial charge is 0.0554 e. The monoisotopic (exact) mass is 260 g/mol. The highest BCUT2D eigenvalue weighted by atomic mass is 14.7. The molecular weight excluding hydrogens is 244 g/mol. The third kappa shape index (κ3) is 2.36. The van der Waals surface area contributed by atoms with E-state index in [2.05, 4.69) is 36.4 Å². The first-order valence-electron chi connectivity index (χ1n) is 6.55. The minimum atomic E-state index is 0.620. The van der Waals surface area contributed by atoms with Gasteiger partial charge in [0.1, 0.15) is 0 Å². The Morgan fingerprint density at radius 3 is 1.55 bits per heavy atom. The number of nitrogen functional groups attached to an aromatic ring is 2. The summed E-state index contributed by atoms with van der Waals surface area (Å²) < 4.78 is 0. The first-order chi connectivity index (χ1) is 9.74. The molecule has 0 atom stereocenters. The fraction of sp³-hybridized carbons (Fsp3) is 0. The van der Waals surface area contributed by atoms with Gasteiger partial charge in [0.2, 0.25) is 0 Å². The Kier molecular flexibility index (Phi) is 3.13. The predicted octanol–water partition coefficient (Wildman–Crippen LogP) is 4.19. The second-order valence-electron chi connectivity index (χ2n) is 4.79. The lowest BCUT2D eigenvalue weighted by Crippen LogP contribution is -1.94. The van der Waals surface area contributed by atoms with Gasteiger partial charge in [0, 0.05) is 0 Å². The Morgan fingerprint density at radius 1 is 0.450 bits per heavy atom. The van der Waals surface area contributed by atoms with Gasteiger partial charge in [-0.15, -0.1) is 0 Å². The van der Waals surface area contributed by atoms with E-state index in [1.807, 2.05) is 36.4 Å². The molecule has 0 saturated carbocycles. The number of rotatable bonds is 2. The first kappa shape index (κ1) is 12.3. The van der Waals surface area contributed by atoms with Crippen LogP contribution in [0.2, 0.25) is 0 Å². The van der Waals surface area contributed by atoms with Crippen molar-refractivity contribution in [3.8, 4) is 22.3 Å². The van der Waals surface area contributed by atoms with Gasteiger partial charge < -0.3 is 11.5 Å². The Morgan fingerprint density at radius 2 is 0.950 bits per heavy atom. The Bertz CT molecular complexity index is 716. The fourth-order valence-electron chi connectivity index (χ4n) is 2.24. The second-order valence-corrected chi connectivity index (χ2v) is 4.79. The molecule has 0 aliphatic carbocycles. The van der Waals surface area contributed by atoms with Gasteiger partial charge in [-0.3, -0.25) is 0 Å². The molecule has 0 radical (unpaired) electrons. The average Bonchev–Trinajstić information content (AvgIpc) is 2.51. The molecule has 0 saturated heterocycles. The van der Waals surface area contributed by atoms with Crippen LogP contribution in [0.3, 0.4) is 0 Å². The fourth-order valence-corrected chi connectivity index (χ4v) is 2.24. The van der Waals surface area contributed by atoms with Crippen molar-refractivity contribution in [1.82, 2.24) is 0 Å². The molecule has 20 heavy (non-hydrogen) atoms. The maximum absolute atomic E-state index is 5.85. The molecule has 0 bridgehead atoms. The van der Waals surface area contributed by atoms with Crippen molar-refractivity contribution >= 4 is 11.4 Å². The number of anilines is 2. The molecule has 0 amide bonds. The van der Waals surface area contributed by atoms with E-state index in [1.54, 1.807) is 0 Å². The first-order valence-corrected chi connectivity index (χ1v) is 6.55. The van der Waals surface area contributed by atoms with Crippen molar-refractivity contribution in [2.75, 3.05) is 11.5 Å². The molecule has 0 heterocycles. The van der Waals surface area contributed by atoms with E-state index >= 15 is 0 Å². The molecule has 3 rings (SSSR count). The molecule has 3 aromatic rings. The molecule has 0 fully saturated rings. The van der Waals surface area contributed by atoms with Crippen LogP contribution in [0.1, 0.15) is 0 Å². The Labute approximate surface area is 118 Å². The van der Waals surface area contributed by atoms with Crippen molar-refractivity contribution in [1.29, 1.82) is 0 Å². The molecule has 0 aliphatic heterocycles. The van der Waals surface area contributed by atoms with Crippen LogP contribution < -0.4 is 11.5 Å². The maximum atomic E-state index is 5.85. The summed E-state index contributed by atoms with van der Waals surface area (Å²) in [5.41, 5.74) is 17.5. The molecule has 0 spiro atoms. The standard InChI is InChI=1S/C18H16N2/c19-17-11-10-16(12-18(17)20)15-8-6-14(7-9-15)13-4-2-1-3-5-13/h1-12H,19-20H2. The summed E-state index contributed by atoms with van der Waals surface area (Å²) in [5, 5.41) is 0. The lowest BCUT2D eigenvalue weighted by atomic mass is 10.00. The predicted molar refractivity (Wildman–Crippen MR) is 86.1 cm³/mol. The minimum absolute atomic E-state index is 0.620. The summed E-state index contributed by atoms with van der Waals surface area (Å²) in [4.78, 5) is 0. The lowest BCUT2D eigenvalue weighted by Gasteiger charge is -2.07. The molecule has 0 unspecified atom stereocenters. The number of hydrogen-bond acceptors (Lipinski definition) is 2. The van der Waals surface area contributed by atoms with Crippen molar-refractivity contribution in [3.05, 3.63) is 72.8 Å². The van der Waals surface area contributed by atoms with E-state index in [0.29, 0.717) is 11.4 Å². The minimum Gasteiger partial charge on any atom is -0.397 e. The Hall–Kier alpha value is -2.74. The number of nitrogens with two attached hydrogens (primary N) is 2. The van der Waals surface area contributed by atoms with Crippen LogP contribution in [0.15, 0.2) is 72.8 Å². The normalized spacial score (nSPS) is 10.4. The van der Waals surface area contributed by atoms with E-state index in [0.717, 1.165) is 11.1 Å². The molecule has 0 aliphatic rings. The SMILES string of the molecule is Nc1ccc(-c2ccc(-c3ccccc3)cc2)cc1N.